The molecule has 0 saturated carbocycles. The summed E-state index contributed by atoms with van der Waals surface area (Å²) in [5.41, 5.74) is 2.41. The molecule has 2 bridgehead atoms. The molecule has 0 radical (unpaired) electrons. The average Bonchev–Trinajstić information content (AvgIpc) is 3.29. The molecule has 0 aliphatic carbocycles. The Morgan fingerprint density at radius 3 is 1.71 bits per heavy atom. The van der Waals surface area contributed by atoms with E-state index < -0.39 is 30.2 Å². The molecule has 5 heteroatoms. The standard InChI is InChI=1S/C30H30O5/c1-2-18-30-22-34-29(35-30)27(32-20-24-14-8-4-9-15-24)26(31-19-23-12-6-3-7-13-23)28(30)33-21-25-16-10-5-11-17-25/h1,3-17,26-29H,18-22H2/t26-,27+,28+,29+,30+/m1/s1. The molecule has 0 amide bonds. The lowest BCUT2D eigenvalue weighted by Crippen LogP contribution is -2.63. The quantitative estimate of drug-likeness (QED) is 0.395. The average molecular weight is 471 g/mol. The molecule has 2 aliphatic rings. The predicted molar refractivity (Wildman–Crippen MR) is 132 cm³/mol. The van der Waals surface area contributed by atoms with Crippen LogP contribution in [0.4, 0.5) is 0 Å². The maximum absolute atomic E-state index is 6.54. The molecule has 2 saturated heterocycles. The number of ether oxygens (including phenoxy) is 5. The van der Waals surface area contributed by atoms with E-state index in [1.54, 1.807) is 0 Å². The molecule has 2 heterocycles. The zero-order valence-corrected chi connectivity index (χ0v) is 19.6. The van der Waals surface area contributed by atoms with Crippen LogP contribution in [-0.4, -0.2) is 36.8 Å². The van der Waals surface area contributed by atoms with Crippen molar-refractivity contribution in [2.45, 2.75) is 56.4 Å². The zero-order valence-electron chi connectivity index (χ0n) is 19.6. The van der Waals surface area contributed by atoms with Gasteiger partial charge in [0.05, 0.1) is 26.4 Å². The van der Waals surface area contributed by atoms with E-state index >= 15 is 0 Å². The minimum atomic E-state index is -0.790. The van der Waals surface area contributed by atoms with Gasteiger partial charge in [-0.25, -0.2) is 0 Å². The lowest BCUT2D eigenvalue weighted by Gasteiger charge is -2.46. The second-order valence-corrected chi connectivity index (χ2v) is 8.98. The van der Waals surface area contributed by atoms with Crippen LogP contribution < -0.4 is 0 Å². The van der Waals surface area contributed by atoms with Gasteiger partial charge < -0.3 is 23.7 Å². The van der Waals surface area contributed by atoms with Gasteiger partial charge in [-0.05, 0) is 16.7 Å². The molecule has 2 aliphatic heterocycles. The summed E-state index contributed by atoms with van der Waals surface area (Å²) < 4.78 is 32.0. The van der Waals surface area contributed by atoms with Gasteiger partial charge in [0.15, 0.2) is 6.29 Å². The van der Waals surface area contributed by atoms with Crippen LogP contribution in [-0.2, 0) is 43.5 Å². The summed E-state index contributed by atoms with van der Waals surface area (Å²) in [4.78, 5) is 0. The van der Waals surface area contributed by atoms with E-state index in [1.807, 2.05) is 91.0 Å². The summed E-state index contributed by atoms with van der Waals surface area (Å²) in [6.07, 6.45) is 4.17. The topological polar surface area (TPSA) is 46.2 Å². The van der Waals surface area contributed by atoms with Crippen LogP contribution in [0.5, 0.6) is 0 Å². The summed E-state index contributed by atoms with van der Waals surface area (Å²) in [6.45, 7) is 1.56. The zero-order chi connectivity index (χ0) is 23.9. The van der Waals surface area contributed by atoms with E-state index in [9.17, 15) is 0 Å². The van der Waals surface area contributed by atoms with Crippen LogP contribution in [0.2, 0.25) is 0 Å². The van der Waals surface area contributed by atoms with Crippen molar-refractivity contribution in [1.29, 1.82) is 0 Å². The van der Waals surface area contributed by atoms with Crippen LogP contribution in [0.15, 0.2) is 91.0 Å². The Morgan fingerprint density at radius 2 is 1.20 bits per heavy atom. The molecule has 35 heavy (non-hydrogen) atoms. The molecule has 5 atom stereocenters. The summed E-state index contributed by atoms with van der Waals surface area (Å²) in [5.74, 6) is 2.77. The lowest BCUT2D eigenvalue weighted by atomic mass is 9.86. The maximum Gasteiger partial charge on any atom is 0.187 e. The van der Waals surface area contributed by atoms with Gasteiger partial charge in [-0.1, -0.05) is 91.0 Å². The first-order valence-electron chi connectivity index (χ1n) is 12.0. The van der Waals surface area contributed by atoms with Gasteiger partial charge in [0.25, 0.3) is 0 Å². The van der Waals surface area contributed by atoms with Crippen molar-refractivity contribution in [2.75, 3.05) is 6.61 Å². The molecule has 0 N–H and O–H groups in total. The van der Waals surface area contributed by atoms with E-state index in [1.165, 1.54) is 0 Å². The van der Waals surface area contributed by atoms with Gasteiger partial charge in [0, 0.05) is 6.42 Å². The Hall–Kier alpha value is -2.98. The Morgan fingerprint density at radius 1 is 0.714 bits per heavy atom. The number of fused-ring (bicyclic) bond motifs is 2. The van der Waals surface area contributed by atoms with Gasteiger partial charge in [0.1, 0.15) is 23.9 Å². The molecule has 0 unspecified atom stereocenters. The second-order valence-electron chi connectivity index (χ2n) is 8.98. The van der Waals surface area contributed by atoms with Gasteiger partial charge >= 0.3 is 0 Å². The Labute approximate surface area is 206 Å². The van der Waals surface area contributed by atoms with Gasteiger partial charge in [-0.15, -0.1) is 12.3 Å². The summed E-state index contributed by atoms with van der Waals surface area (Å²) in [7, 11) is 0. The highest BCUT2D eigenvalue weighted by Crippen LogP contribution is 2.43. The number of benzene rings is 3. The molecule has 0 aromatic heterocycles. The fourth-order valence-electron chi connectivity index (χ4n) is 4.72. The smallest absolute Gasteiger partial charge is 0.187 e. The third-order valence-corrected chi connectivity index (χ3v) is 6.50. The van der Waals surface area contributed by atoms with Crippen molar-refractivity contribution in [1.82, 2.24) is 0 Å². The first-order valence-corrected chi connectivity index (χ1v) is 12.0. The first-order chi connectivity index (χ1) is 17.3. The molecule has 180 valence electrons. The molecule has 2 fully saturated rings. The lowest BCUT2D eigenvalue weighted by molar-refractivity contribution is -0.293. The maximum atomic E-state index is 6.54. The van der Waals surface area contributed by atoms with Crippen LogP contribution in [0, 0.1) is 12.3 Å². The normalized spacial score (nSPS) is 27.4. The molecule has 3 aromatic carbocycles. The van der Waals surface area contributed by atoms with E-state index in [4.69, 9.17) is 30.1 Å². The summed E-state index contributed by atoms with van der Waals surface area (Å²) in [6, 6.07) is 30.2. The Balaban J connectivity index is 1.42. The third-order valence-electron chi connectivity index (χ3n) is 6.50. The number of rotatable bonds is 10. The molecular formula is C30H30O5. The van der Waals surface area contributed by atoms with Crippen molar-refractivity contribution in [2.24, 2.45) is 0 Å². The van der Waals surface area contributed by atoms with Crippen LogP contribution in [0.25, 0.3) is 0 Å². The van der Waals surface area contributed by atoms with Gasteiger partial charge in [-0.3, -0.25) is 0 Å². The highest BCUT2D eigenvalue weighted by molar-refractivity contribution is 5.17. The van der Waals surface area contributed by atoms with Crippen molar-refractivity contribution < 1.29 is 23.7 Å². The fourth-order valence-corrected chi connectivity index (χ4v) is 4.72. The first kappa shape index (κ1) is 23.7. The van der Waals surface area contributed by atoms with E-state index in [2.05, 4.69) is 5.92 Å². The minimum Gasteiger partial charge on any atom is -0.368 e. The van der Waals surface area contributed by atoms with Crippen molar-refractivity contribution in [3.05, 3.63) is 108 Å². The van der Waals surface area contributed by atoms with Gasteiger partial charge in [-0.2, -0.15) is 0 Å². The highest BCUT2D eigenvalue weighted by atomic mass is 16.8. The SMILES string of the molecule is C#CC[C@@]12CO[C@@H](O1)[C@@H](OCc1ccccc1)[C@@H](OCc1ccccc1)[C@@H]2OCc1ccccc1. The van der Waals surface area contributed by atoms with Crippen molar-refractivity contribution in [3.63, 3.8) is 0 Å². The van der Waals surface area contributed by atoms with E-state index in [0.717, 1.165) is 16.7 Å². The third kappa shape index (κ3) is 5.48. The number of hydrogen-bond donors (Lipinski definition) is 0. The fraction of sp³-hybridized carbons (Fsp3) is 0.333. The Bertz CT molecular complexity index is 1100. The highest BCUT2D eigenvalue weighted by Gasteiger charge is 2.61. The largest absolute Gasteiger partial charge is 0.368 e. The molecule has 0 spiro atoms. The Kier molecular flexibility index (Phi) is 7.58. The molecule has 5 nitrogen and oxygen atoms in total. The van der Waals surface area contributed by atoms with Crippen LogP contribution in [0.3, 0.4) is 0 Å². The van der Waals surface area contributed by atoms with Crippen LogP contribution in [0.1, 0.15) is 23.1 Å². The molecule has 3 aromatic rings. The summed E-state index contributed by atoms with van der Waals surface area (Å²) >= 11 is 0. The van der Waals surface area contributed by atoms with Crippen molar-refractivity contribution in [3.8, 4) is 12.3 Å². The molecular weight excluding hydrogens is 440 g/mol. The number of hydrogen-bond acceptors (Lipinski definition) is 5. The second kappa shape index (κ2) is 11.2. The monoisotopic (exact) mass is 470 g/mol. The van der Waals surface area contributed by atoms with Crippen LogP contribution >= 0.6 is 0 Å². The van der Waals surface area contributed by atoms with E-state index in [-0.39, 0.29) is 0 Å². The van der Waals surface area contributed by atoms with Gasteiger partial charge in [0.2, 0.25) is 0 Å². The minimum absolute atomic E-state index is 0.331. The predicted octanol–water partition coefficient (Wildman–Crippen LogP) is 4.89. The van der Waals surface area contributed by atoms with E-state index in [0.29, 0.717) is 32.8 Å². The summed E-state index contributed by atoms with van der Waals surface area (Å²) in [5, 5.41) is 0. The van der Waals surface area contributed by atoms with Crippen molar-refractivity contribution >= 4 is 0 Å². The number of terminal acetylenes is 1. The molecule has 5 rings (SSSR count).